The molecule has 0 bridgehead atoms. The number of esters is 1. The highest BCUT2D eigenvalue weighted by Gasteiger charge is 2.22. The minimum absolute atomic E-state index is 0.0474. The fraction of sp³-hybridized carbons (Fsp3) is 0.211. The SMILES string of the molecule is CCOC(=O)Cn1c(=NC(=O)c2cc([N+](=O)[O-])cc([N+](=O)[O-])c2)sc2cc3c(cc21)OCO3. The van der Waals surface area contributed by atoms with Crippen molar-refractivity contribution >= 4 is 44.8 Å². The van der Waals surface area contributed by atoms with Crippen LogP contribution in [0, 0.1) is 20.2 Å². The van der Waals surface area contributed by atoms with Crippen molar-refractivity contribution in [2.24, 2.45) is 4.99 Å². The Kier molecular flexibility index (Phi) is 5.74. The van der Waals surface area contributed by atoms with Gasteiger partial charge in [0.15, 0.2) is 16.3 Å². The van der Waals surface area contributed by atoms with E-state index in [0.717, 1.165) is 29.5 Å². The van der Waals surface area contributed by atoms with Gasteiger partial charge in [0, 0.05) is 24.3 Å². The molecule has 4 rings (SSSR count). The fourth-order valence-corrected chi connectivity index (χ4v) is 4.15. The Morgan fingerprint density at radius 3 is 2.33 bits per heavy atom. The third-order valence-electron chi connectivity index (χ3n) is 4.54. The number of non-ortho nitro benzene ring substituents is 2. The molecule has 0 fully saturated rings. The van der Waals surface area contributed by atoms with Gasteiger partial charge >= 0.3 is 5.97 Å². The van der Waals surface area contributed by atoms with E-state index in [1.54, 1.807) is 19.1 Å². The number of hydrogen-bond donors (Lipinski definition) is 0. The van der Waals surface area contributed by atoms with Crippen LogP contribution in [0.2, 0.25) is 0 Å². The Morgan fingerprint density at radius 2 is 1.73 bits per heavy atom. The molecule has 3 aromatic rings. The third kappa shape index (κ3) is 4.36. The molecule has 1 aliphatic rings. The number of nitro benzene ring substituents is 2. The number of aromatic nitrogens is 1. The number of amides is 1. The Labute approximate surface area is 187 Å². The van der Waals surface area contributed by atoms with Gasteiger partial charge in [-0.25, -0.2) is 0 Å². The smallest absolute Gasteiger partial charge is 0.326 e. The van der Waals surface area contributed by atoms with Crippen LogP contribution in [-0.4, -0.2) is 39.7 Å². The molecule has 1 aliphatic heterocycles. The van der Waals surface area contributed by atoms with Gasteiger partial charge < -0.3 is 18.8 Å². The summed E-state index contributed by atoms with van der Waals surface area (Å²) >= 11 is 1.06. The minimum atomic E-state index is -0.953. The summed E-state index contributed by atoms with van der Waals surface area (Å²) in [6.45, 7) is 1.58. The molecule has 0 saturated carbocycles. The summed E-state index contributed by atoms with van der Waals surface area (Å²) in [6, 6.07) is 5.86. The normalized spacial score (nSPS) is 12.7. The highest BCUT2D eigenvalue weighted by atomic mass is 32.1. The van der Waals surface area contributed by atoms with Gasteiger partial charge in [0.25, 0.3) is 17.3 Å². The summed E-state index contributed by atoms with van der Waals surface area (Å²) in [6.07, 6.45) is 0. The van der Waals surface area contributed by atoms with E-state index >= 15 is 0 Å². The zero-order chi connectivity index (χ0) is 23.7. The highest BCUT2D eigenvalue weighted by Crippen LogP contribution is 2.37. The van der Waals surface area contributed by atoms with Crippen molar-refractivity contribution in [3.63, 3.8) is 0 Å². The molecule has 0 N–H and O–H groups in total. The lowest BCUT2D eigenvalue weighted by atomic mass is 10.1. The van der Waals surface area contributed by atoms with Gasteiger partial charge in [0.2, 0.25) is 6.79 Å². The van der Waals surface area contributed by atoms with E-state index in [1.165, 1.54) is 4.57 Å². The van der Waals surface area contributed by atoms with Crippen LogP contribution in [0.4, 0.5) is 11.4 Å². The predicted molar refractivity (Wildman–Crippen MR) is 112 cm³/mol. The molecule has 0 spiro atoms. The lowest BCUT2D eigenvalue weighted by Gasteiger charge is -2.05. The van der Waals surface area contributed by atoms with Crippen LogP contribution >= 0.6 is 11.3 Å². The van der Waals surface area contributed by atoms with Gasteiger partial charge in [-0.2, -0.15) is 4.99 Å². The van der Waals surface area contributed by atoms with Gasteiger partial charge in [-0.1, -0.05) is 11.3 Å². The lowest BCUT2D eigenvalue weighted by molar-refractivity contribution is -0.394. The van der Waals surface area contributed by atoms with Crippen LogP contribution in [0.25, 0.3) is 10.2 Å². The minimum Gasteiger partial charge on any atom is -0.465 e. The molecule has 14 heteroatoms. The van der Waals surface area contributed by atoms with Crippen molar-refractivity contribution in [2.45, 2.75) is 13.5 Å². The predicted octanol–water partition coefficient (Wildman–Crippen LogP) is 2.55. The molecule has 0 saturated heterocycles. The summed E-state index contributed by atoms with van der Waals surface area (Å²) in [5.74, 6) is -0.593. The van der Waals surface area contributed by atoms with E-state index in [0.29, 0.717) is 21.7 Å². The zero-order valence-corrected chi connectivity index (χ0v) is 17.7. The lowest BCUT2D eigenvalue weighted by Crippen LogP contribution is -2.23. The average molecular weight is 474 g/mol. The fourth-order valence-electron chi connectivity index (χ4n) is 3.11. The van der Waals surface area contributed by atoms with Crippen LogP contribution < -0.4 is 14.3 Å². The molecule has 2 aromatic carbocycles. The summed E-state index contributed by atoms with van der Waals surface area (Å²) in [5, 5.41) is 22.2. The highest BCUT2D eigenvalue weighted by molar-refractivity contribution is 7.16. The number of hydrogen-bond acceptors (Lipinski definition) is 10. The molecule has 0 atom stereocenters. The topological polar surface area (TPSA) is 165 Å². The number of thiazole rings is 1. The maximum Gasteiger partial charge on any atom is 0.326 e. The van der Waals surface area contributed by atoms with Crippen molar-refractivity contribution in [1.29, 1.82) is 0 Å². The van der Waals surface area contributed by atoms with E-state index in [1.807, 2.05) is 0 Å². The number of fused-ring (bicyclic) bond motifs is 2. The van der Waals surface area contributed by atoms with Gasteiger partial charge in [0.05, 0.1) is 38.3 Å². The number of nitro groups is 2. The van der Waals surface area contributed by atoms with Crippen molar-refractivity contribution in [2.75, 3.05) is 13.4 Å². The first-order chi connectivity index (χ1) is 15.8. The molecule has 170 valence electrons. The second-order valence-corrected chi connectivity index (χ2v) is 7.63. The first-order valence-corrected chi connectivity index (χ1v) is 10.2. The summed E-state index contributed by atoms with van der Waals surface area (Å²) in [4.78, 5) is 49.6. The molecular weight excluding hydrogens is 460 g/mol. The molecule has 33 heavy (non-hydrogen) atoms. The molecule has 1 amide bonds. The number of rotatable bonds is 6. The molecule has 1 aromatic heterocycles. The molecule has 0 radical (unpaired) electrons. The third-order valence-corrected chi connectivity index (χ3v) is 5.58. The average Bonchev–Trinajstić information content (AvgIpc) is 3.35. The Balaban J connectivity index is 1.85. The van der Waals surface area contributed by atoms with Crippen LogP contribution in [-0.2, 0) is 16.1 Å². The number of carbonyl (C=O) groups is 2. The Bertz CT molecular complexity index is 1360. The number of nitrogens with zero attached hydrogens (tertiary/aromatic N) is 4. The summed E-state index contributed by atoms with van der Waals surface area (Å²) in [5.41, 5.74) is -1.06. The van der Waals surface area contributed by atoms with E-state index in [9.17, 15) is 29.8 Å². The Morgan fingerprint density at radius 1 is 1.09 bits per heavy atom. The van der Waals surface area contributed by atoms with E-state index in [-0.39, 0.29) is 30.3 Å². The molecule has 13 nitrogen and oxygen atoms in total. The van der Waals surface area contributed by atoms with Gasteiger partial charge in [0.1, 0.15) is 6.54 Å². The van der Waals surface area contributed by atoms with E-state index in [4.69, 9.17) is 14.2 Å². The number of ether oxygens (including phenoxy) is 3. The number of carbonyl (C=O) groups excluding carboxylic acids is 2. The standard InChI is InChI=1S/C19H14N4O9S/c1-2-30-17(24)8-21-13-6-14-15(32-9-31-14)7-16(13)33-19(21)20-18(25)10-3-11(22(26)27)5-12(4-10)23(28)29/h3-7H,2,8-9H2,1H3. The second-order valence-electron chi connectivity index (χ2n) is 6.62. The molecule has 0 unspecified atom stereocenters. The number of benzene rings is 2. The van der Waals surface area contributed by atoms with Crippen molar-refractivity contribution in [1.82, 2.24) is 4.57 Å². The maximum atomic E-state index is 12.8. The van der Waals surface area contributed by atoms with Gasteiger partial charge in [-0.3, -0.25) is 29.8 Å². The van der Waals surface area contributed by atoms with Crippen LogP contribution in [0.5, 0.6) is 11.5 Å². The van der Waals surface area contributed by atoms with E-state index < -0.39 is 33.1 Å². The van der Waals surface area contributed by atoms with Crippen LogP contribution in [0.1, 0.15) is 17.3 Å². The monoisotopic (exact) mass is 474 g/mol. The van der Waals surface area contributed by atoms with E-state index in [2.05, 4.69) is 4.99 Å². The van der Waals surface area contributed by atoms with Crippen LogP contribution in [0.15, 0.2) is 35.3 Å². The van der Waals surface area contributed by atoms with Crippen molar-refractivity contribution < 1.29 is 33.6 Å². The Hall–Kier alpha value is -4.33. The molecule has 2 heterocycles. The second kappa shape index (κ2) is 8.66. The van der Waals surface area contributed by atoms with Crippen molar-refractivity contribution in [3.05, 3.63) is 60.9 Å². The molecular formula is C19H14N4O9S. The van der Waals surface area contributed by atoms with Crippen LogP contribution in [0.3, 0.4) is 0 Å². The maximum absolute atomic E-state index is 12.8. The largest absolute Gasteiger partial charge is 0.465 e. The van der Waals surface area contributed by atoms with Gasteiger partial charge in [-0.05, 0) is 6.92 Å². The first-order valence-electron chi connectivity index (χ1n) is 9.38. The van der Waals surface area contributed by atoms with Gasteiger partial charge in [-0.15, -0.1) is 0 Å². The molecule has 0 aliphatic carbocycles. The summed E-state index contributed by atoms with van der Waals surface area (Å²) < 4.78 is 17.8. The zero-order valence-electron chi connectivity index (χ0n) is 16.9. The summed E-state index contributed by atoms with van der Waals surface area (Å²) in [7, 11) is 0. The van der Waals surface area contributed by atoms with Crippen molar-refractivity contribution in [3.8, 4) is 11.5 Å². The quantitative estimate of drug-likeness (QED) is 0.296. The first kappa shape index (κ1) is 21.9.